The Morgan fingerprint density at radius 3 is 1.61 bits per heavy atom. The zero-order valence-corrected chi connectivity index (χ0v) is 13.7. The van der Waals surface area contributed by atoms with Crippen LogP contribution < -0.4 is 0 Å². The third-order valence-corrected chi connectivity index (χ3v) is 2.06. The molecule has 0 aliphatic heterocycles. The maximum atomic E-state index is 10.7. The molecule has 0 rings (SSSR count). The Morgan fingerprint density at radius 1 is 0.870 bits per heavy atom. The Hall–Kier alpha value is -3.26. The standard InChI is InChI=1S/C11H4.C8H14O4/c1-3-5-7-9-11-10-8-6-4-2;1-6(4-7(9)11-2)5-8(10)12-3/h1H,2H3;6H,4-5H2,1-3H3. The summed E-state index contributed by atoms with van der Waals surface area (Å²) < 4.78 is 8.89. The SMILES string of the molecule is C#CC#CC#CC#CC#CC.COC(=O)CC(C)CC(=O)OC. The van der Waals surface area contributed by atoms with Gasteiger partial charge in [0.2, 0.25) is 0 Å². The molecule has 0 radical (unpaired) electrons. The van der Waals surface area contributed by atoms with Crippen LogP contribution in [0.1, 0.15) is 26.7 Å². The zero-order chi connectivity index (χ0) is 17.9. The molecule has 0 heterocycles. The molecule has 0 unspecified atom stereocenters. The van der Waals surface area contributed by atoms with Crippen LogP contribution in [0, 0.1) is 65.6 Å². The summed E-state index contributed by atoms with van der Waals surface area (Å²) in [7, 11) is 2.65. The molecule has 0 N–H and O–H groups in total. The highest BCUT2D eigenvalue weighted by molar-refractivity contribution is 5.72. The Kier molecular flexibility index (Phi) is 16.1. The van der Waals surface area contributed by atoms with E-state index in [1.54, 1.807) is 13.8 Å². The minimum absolute atomic E-state index is 0.0232. The van der Waals surface area contributed by atoms with E-state index in [9.17, 15) is 9.59 Å². The fourth-order valence-electron chi connectivity index (χ4n) is 1.06. The lowest BCUT2D eigenvalue weighted by Crippen LogP contribution is -2.12. The summed E-state index contributed by atoms with van der Waals surface area (Å²) in [5.41, 5.74) is 0. The monoisotopic (exact) mass is 310 g/mol. The molecule has 0 saturated carbocycles. The highest BCUT2D eigenvalue weighted by atomic mass is 16.5. The first-order chi connectivity index (χ1) is 11.0. The summed E-state index contributed by atoms with van der Waals surface area (Å²) in [5, 5.41) is 0. The molecule has 0 aliphatic carbocycles. The summed E-state index contributed by atoms with van der Waals surface area (Å²) in [6.45, 7) is 3.51. The number of esters is 2. The summed E-state index contributed by atoms with van der Waals surface area (Å²) in [4.78, 5) is 21.4. The van der Waals surface area contributed by atoms with E-state index in [-0.39, 0.29) is 30.7 Å². The van der Waals surface area contributed by atoms with E-state index >= 15 is 0 Å². The number of carbonyl (C=O) groups is 2. The van der Waals surface area contributed by atoms with Crippen LogP contribution in [-0.2, 0) is 19.1 Å². The first kappa shape index (κ1) is 22.0. The van der Waals surface area contributed by atoms with Gasteiger partial charge in [-0.3, -0.25) is 9.59 Å². The predicted molar refractivity (Wildman–Crippen MR) is 88.0 cm³/mol. The van der Waals surface area contributed by atoms with Gasteiger partial charge in [0.25, 0.3) is 0 Å². The van der Waals surface area contributed by atoms with Crippen molar-refractivity contribution in [3.05, 3.63) is 0 Å². The lowest BCUT2D eigenvalue weighted by atomic mass is 10.0. The first-order valence-corrected chi connectivity index (χ1v) is 6.52. The Bertz CT molecular complexity index is 646. The average molecular weight is 310 g/mol. The number of rotatable bonds is 4. The average Bonchev–Trinajstić information content (AvgIpc) is 2.54. The molecule has 0 spiro atoms. The van der Waals surface area contributed by atoms with Crippen molar-refractivity contribution >= 4 is 11.9 Å². The highest BCUT2D eigenvalue weighted by Crippen LogP contribution is 2.08. The number of methoxy groups -OCH3 is 2. The topological polar surface area (TPSA) is 52.6 Å². The van der Waals surface area contributed by atoms with Crippen molar-refractivity contribution in [3.8, 4) is 59.7 Å². The molecule has 23 heavy (non-hydrogen) atoms. The van der Waals surface area contributed by atoms with E-state index < -0.39 is 0 Å². The Morgan fingerprint density at radius 2 is 1.26 bits per heavy atom. The quantitative estimate of drug-likeness (QED) is 0.582. The van der Waals surface area contributed by atoms with Crippen molar-refractivity contribution in [3.63, 3.8) is 0 Å². The maximum absolute atomic E-state index is 10.7. The molecular weight excluding hydrogens is 292 g/mol. The third kappa shape index (κ3) is 18.7. The van der Waals surface area contributed by atoms with Gasteiger partial charge >= 0.3 is 11.9 Å². The molecule has 0 amide bonds. The fraction of sp³-hybridized carbons (Fsp3) is 0.368. The number of ether oxygens (including phenoxy) is 2. The minimum atomic E-state index is -0.300. The molecule has 0 aromatic heterocycles. The second-order valence-electron chi connectivity index (χ2n) is 3.94. The van der Waals surface area contributed by atoms with E-state index in [1.807, 2.05) is 0 Å². The summed E-state index contributed by atoms with van der Waals surface area (Å²) >= 11 is 0. The molecule has 0 aromatic carbocycles. The largest absolute Gasteiger partial charge is 0.469 e. The van der Waals surface area contributed by atoms with Crippen molar-refractivity contribution < 1.29 is 19.1 Å². The number of terminal acetylenes is 1. The van der Waals surface area contributed by atoms with Crippen molar-refractivity contribution in [1.29, 1.82) is 0 Å². The molecular formula is C19H18O4. The van der Waals surface area contributed by atoms with Gasteiger partial charge in [-0.05, 0) is 60.2 Å². The van der Waals surface area contributed by atoms with E-state index in [4.69, 9.17) is 6.42 Å². The van der Waals surface area contributed by atoms with Gasteiger partial charge in [0, 0.05) is 12.8 Å². The van der Waals surface area contributed by atoms with Gasteiger partial charge in [-0.25, -0.2) is 0 Å². The third-order valence-electron chi connectivity index (χ3n) is 2.06. The zero-order valence-electron chi connectivity index (χ0n) is 13.7. The van der Waals surface area contributed by atoms with Crippen molar-refractivity contribution in [2.75, 3.05) is 14.2 Å². The summed E-state index contributed by atoms with van der Waals surface area (Å²) in [6.07, 6.45) is 5.35. The molecule has 118 valence electrons. The van der Waals surface area contributed by atoms with E-state index in [1.165, 1.54) is 14.2 Å². The Balaban J connectivity index is 0. The molecule has 0 aliphatic rings. The van der Waals surface area contributed by atoms with Gasteiger partial charge in [0.1, 0.15) is 0 Å². The second-order valence-corrected chi connectivity index (χ2v) is 3.94. The fourth-order valence-corrected chi connectivity index (χ4v) is 1.06. The molecule has 4 nitrogen and oxygen atoms in total. The smallest absolute Gasteiger partial charge is 0.305 e. The van der Waals surface area contributed by atoms with Gasteiger partial charge in [-0.2, -0.15) is 0 Å². The van der Waals surface area contributed by atoms with E-state index in [0.29, 0.717) is 0 Å². The Labute approximate surface area is 138 Å². The van der Waals surface area contributed by atoms with Gasteiger partial charge in [-0.1, -0.05) is 12.8 Å². The second kappa shape index (κ2) is 16.8. The van der Waals surface area contributed by atoms with Crippen LogP contribution in [0.25, 0.3) is 0 Å². The summed E-state index contributed by atoms with van der Waals surface area (Å²) in [5.74, 6) is 21.3. The first-order valence-electron chi connectivity index (χ1n) is 6.52. The lowest BCUT2D eigenvalue weighted by molar-refractivity contribution is -0.144. The van der Waals surface area contributed by atoms with Crippen LogP contribution in [0.2, 0.25) is 0 Å². The van der Waals surface area contributed by atoms with Crippen LogP contribution in [-0.4, -0.2) is 26.2 Å². The normalized spacial score (nSPS) is 6.78. The molecule has 0 bridgehead atoms. The van der Waals surface area contributed by atoms with E-state index in [2.05, 4.69) is 62.8 Å². The van der Waals surface area contributed by atoms with Gasteiger partial charge in [0.05, 0.1) is 14.2 Å². The molecule has 4 heteroatoms. The van der Waals surface area contributed by atoms with Crippen molar-refractivity contribution in [2.45, 2.75) is 26.7 Å². The summed E-state index contributed by atoms with van der Waals surface area (Å²) in [6, 6.07) is 0. The van der Waals surface area contributed by atoms with Gasteiger partial charge in [-0.15, -0.1) is 6.42 Å². The maximum Gasteiger partial charge on any atom is 0.305 e. The highest BCUT2D eigenvalue weighted by Gasteiger charge is 2.13. The van der Waals surface area contributed by atoms with Gasteiger partial charge < -0.3 is 9.47 Å². The van der Waals surface area contributed by atoms with Crippen LogP contribution in [0.15, 0.2) is 0 Å². The van der Waals surface area contributed by atoms with Crippen molar-refractivity contribution in [2.24, 2.45) is 5.92 Å². The molecule has 0 saturated heterocycles. The molecule has 0 atom stereocenters. The number of hydrogen-bond acceptors (Lipinski definition) is 4. The minimum Gasteiger partial charge on any atom is -0.469 e. The van der Waals surface area contributed by atoms with Crippen LogP contribution >= 0.6 is 0 Å². The van der Waals surface area contributed by atoms with Gasteiger partial charge in [0.15, 0.2) is 0 Å². The molecule has 0 aromatic rings. The number of hydrogen-bond donors (Lipinski definition) is 0. The van der Waals surface area contributed by atoms with Crippen LogP contribution in [0.4, 0.5) is 0 Å². The number of carbonyl (C=O) groups excluding carboxylic acids is 2. The lowest BCUT2D eigenvalue weighted by Gasteiger charge is -2.07. The van der Waals surface area contributed by atoms with Crippen LogP contribution in [0.5, 0.6) is 0 Å². The molecule has 0 fully saturated rings. The predicted octanol–water partition coefficient (Wildman–Crippen LogP) is 1.40. The van der Waals surface area contributed by atoms with E-state index in [0.717, 1.165) is 0 Å². The van der Waals surface area contributed by atoms with Crippen molar-refractivity contribution in [1.82, 2.24) is 0 Å². The van der Waals surface area contributed by atoms with Crippen LogP contribution in [0.3, 0.4) is 0 Å².